The summed E-state index contributed by atoms with van der Waals surface area (Å²) < 4.78 is 0. The first-order valence-electron chi connectivity index (χ1n) is 16.8. The average Bonchev–Trinajstić information content (AvgIpc) is 3.36. The van der Waals surface area contributed by atoms with Gasteiger partial charge in [0.1, 0.15) is 0 Å². The van der Waals surface area contributed by atoms with Gasteiger partial charge in [-0.15, -0.1) is 0 Å². The minimum Gasteiger partial charge on any atom is -0.0839 e. The molecule has 0 saturated heterocycles. The zero-order valence-electron chi connectivity index (χ0n) is 26.2. The van der Waals surface area contributed by atoms with Crippen LogP contribution in [0.25, 0.3) is 0 Å². The number of hydrogen-bond donors (Lipinski definition) is 0. The molecule has 5 rings (SSSR count). The third kappa shape index (κ3) is 6.26. The van der Waals surface area contributed by atoms with Crippen LogP contribution in [0.15, 0.2) is 96.6 Å². The van der Waals surface area contributed by atoms with E-state index in [1.54, 1.807) is 21.1 Å². The molecule has 0 N–H and O–H groups in total. The van der Waals surface area contributed by atoms with Crippen molar-refractivity contribution in [3.05, 3.63) is 113 Å². The molecular weight excluding hydrogens is 509 g/mol. The van der Waals surface area contributed by atoms with E-state index in [1.165, 1.54) is 87.3 Å². The molecule has 41 heavy (non-hydrogen) atoms. The Morgan fingerprint density at radius 3 is 1.41 bits per heavy atom. The van der Waals surface area contributed by atoms with E-state index in [0.717, 1.165) is 0 Å². The summed E-state index contributed by atoms with van der Waals surface area (Å²) in [5, 5.41) is 4.77. The predicted octanol–water partition coefficient (Wildman–Crippen LogP) is 9.10. The van der Waals surface area contributed by atoms with Crippen molar-refractivity contribution in [2.45, 2.75) is 104 Å². The number of fused-ring (bicyclic) bond motifs is 1. The van der Waals surface area contributed by atoms with E-state index in [0.29, 0.717) is 17.4 Å². The van der Waals surface area contributed by atoms with Crippen molar-refractivity contribution in [3.8, 4) is 0 Å². The zero-order valence-corrected chi connectivity index (χ0v) is 27.2. The van der Waals surface area contributed by atoms with Gasteiger partial charge in [-0.3, -0.25) is 0 Å². The van der Waals surface area contributed by atoms with Gasteiger partial charge in [-0.2, -0.15) is 0 Å². The number of benzene rings is 3. The highest BCUT2D eigenvalue weighted by atomic mass is 28.3. The van der Waals surface area contributed by atoms with E-state index >= 15 is 0 Å². The summed E-state index contributed by atoms with van der Waals surface area (Å²) in [7, 11) is -2.43. The summed E-state index contributed by atoms with van der Waals surface area (Å²) in [4.78, 5) is 0. The number of allylic oxidation sites excluding steroid dienone is 4. The monoisotopic (exact) mass is 560 g/mol. The maximum Gasteiger partial charge on any atom is 0.155 e. The first kappa shape index (κ1) is 29.8. The molecule has 3 atom stereocenters. The average molecular weight is 561 g/mol. The van der Waals surface area contributed by atoms with Crippen molar-refractivity contribution in [3.63, 3.8) is 0 Å². The third-order valence-electron chi connectivity index (χ3n) is 10.1. The molecule has 1 heteroatoms. The van der Waals surface area contributed by atoms with Crippen LogP contribution in [0.3, 0.4) is 0 Å². The molecule has 0 radical (unpaired) electrons. The van der Waals surface area contributed by atoms with E-state index in [2.05, 4.69) is 119 Å². The van der Waals surface area contributed by atoms with Gasteiger partial charge >= 0.3 is 0 Å². The van der Waals surface area contributed by atoms with Crippen LogP contribution in [0.4, 0.5) is 0 Å². The first-order chi connectivity index (χ1) is 20.1. The lowest BCUT2D eigenvalue weighted by Crippen LogP contribution is -2.70. The Morgan fingerprint density at radius 1 is 0.610 bits per heavy atom. The molecule has 0 heterocycles. The molecule has 2 aliphatic carbocycles. The molecule has 3 aromatic rings. The van der Waals surface area contributed by atoms with Crippen molar-refractivity contribution in [1.82, 2.24) is 0 Å². The number of hydrogen-bond acceptors (Lipinski definition) is 0. The summed E-state index contributed by atoms with van der Waals surface area (Å²) >= 11 is 0. The van der Waals surface area contributed by atoms with E-state index in [-0.39, 0.29) is 0 Å². The van der Waals surface area contributed by atoms with E-state index in [1.807, 2.05) is 0 Å². The molecule has 0 aliphatic heterocycles. The topological polar surface area (TPSA) is 0 Å². The van der Waals surface area contributed by atoms with Gasteiger partial charge in [0.25, 0.3) is 0 Å². The van der Waals surface area contributed by atoms with Crippen LogP contribution < -0.4 is 15.6 Å². The molecule has 1 fully saturated rings. The minimum absolute atomic E-state index is 0.571. The van der Waals surface area contributed by atoms with Gasteiger partial charge in [0.2, 0.25) is 0 Å². The number of unbranched alkanes of at least 4 members (excludes halogenated alkanes) is 3. The van der Waals surface area contributed by atoms with Crippen molar-refractivity contribution in [1.29, 1.82) is 0 Å². The van der Waals surface area contributed by atoms with Crippen molar-refractivity contribution < 1.29 is 0 Å². The molecular formula is C40H52Si. The van der Waals surface area contributed by atoms with E-state index < -0.39 is 8.07 Å². The molecule has 3 unspecified atom stereocenters. The van der Waals surface area contributed by atoms with Gasteiger partial charge in [0.15, 0.2) is 8.07 Å². The molecule has 0 aromatic heterocycles. The Balaban J connectivity index is 1.72. The Kier molecular flexibility index (Phi) is 10.2. The minimum atomic E-state index is -2.43. The smallest absolute Gasteiger partial charge is 0.0839 e. The van der Waals surface area contributed by atoms with Crippen molar-refractivity contribution in [2.75, 3.05) is 0 Å². The quantitative estimate of drug-likeness (QED) is 0.144. The third-order valence-corrected chi connectivity index (χ3v) is 15.6. The fraction of sp³-hybridized carbons (Fsp3) is 0.450. The van der Waals surface area contributed by atoms with Crippen LogP contribution in [0.2, 0.25) is 5.54 Å². The zero-order chi connectivity index (χ0) is 28.7. The Morgan fingerprint density at radius 2 is 1.02 bits per heavy atom. The summed E-state index contributed by atoms with van der Waals surface area (Å²) in [6, 6.07) is 30.1. The second-order valence-electron chi connectivity index (χ2n) is 12.9. The summed E-state index contributed by atoms with van der Waals surface area (Å²) in [5.74, 6) is 1.36. The molecule has 0 amide bonds. The van der Waals surface area contributed by atoms with Crippen LogP contribution in [0.1, 0.15) is 95.8 Å². The second-order valence-corrected chi connectivity index (χ2v) is 16.9. The Bertz CT molecular complexity index is 1170. The lowest BCUT2D eigenvalue weighted by molar-refractivity contribution is 0.536. The van der Waals surface area contributed by atoms with Gasteiger partial charge in [-0.05, 0) is 101 Å². The molecule has 216 valence electrons. The first-order valence-corrected chi connectivity index (χ1v) is 18.8. The molecule has 0 bridgehead atoms. The maximum atomic E-state index is 2.56. The molecule has 0 nitrogen and oxygen atoms in total. The lowest BCUT2D eigenvalue weighted by Gasteiger charge is -2.42. The van der Waals surface area contributed by atoms with Crippen molar-refractivity contribution >= 4 is 23.6 Å². The molecule has 0 spiro atoms. The molecule has 2 aliphatic rings. The van der Waals surface area contributed by atoms with Crippen LogP contribution in [0.5, 0.6) is 0 Å². The SMILES string of the molecule is CCCCc1ccc([Si](c2ccc(CCCC)cc2)(c2ccc(CCCC)cc2)C2C3=CC=CCC3CC2C)cc1. The van der Waals surface area contributed by atoms with Crippen LogP contribution >= 0.6 is 0 Å². The highest BCUT2D eigenvalue weighted by molar-refractivity contribution is 7.12. The molecule has 1 saturated carbocycles. The summed E-state index contributed by atoms with van der Waals surface area (Å²) in [5.41, 5.74) is 6.76. The fourth-order valence-corrected chi connectivity index (χ4v) is 13.8. The predicted molar refractivity (Wildman–Crippen MR) is 183 cm³/mol. The van der Waals surface area contributed by atoms with E-state index in [9.17, 15) is 0 Å². The maximum absolute atomic E-state index is 2.56. The Labute approximate surface area is 252 Å². The fourth-order valence-electron chi connectivity index (χ4n) is 7.86. The normalized spacial score (nSPS) is 20.2. The van der Waals surface area contributed by atoms with Crippen LogP contribution in [0, 0.1) is 11.8 Å². The number of rotatable bonds is 13. The lowest BCUT2D eigenvalue weighted by atomic mass is 9.94. The summed E-state index contributed by atoms with van der Waals surface area (Å²) in [6.07, 6.45) is 20.9. The van der Waals surface area contributed by atoms with Gasteiger partial charge in [0.05, 0.1) is 0 Å². The largest absolute Gasteiger partial charge is 0.155 e. The van der Waals surface area contributed by atoms with Gasteiger partial charge in [-0.1, -0.05) is 144 Å². The van der Waals surface area contributed by atoms with Crippen LogP contribution in [-0.4, -0.2) is 8.07 Å². The second kappa shape index (κ2) is 14.0. The molecule has 3 aromatic carbocycles. The highest BCUT2D eigenvalue weighted by Gasteiger charge is 2.54. The van der Waals surface area contributed by atoms with Gasteiger partial charge in [-0.25, -0.2) is 0 Å². The highest BCUT2D eigenvalue weighted by Crippen LogP contribution is 2.52. The summed E-state index contributed by atoms with van der Waals surface area (Å²) in [6.45, 7) is 9.45. The Hall–Kier alpha value is -2.64. The van der Waals surface area contributed by atoms with E-state index in [4.69, 9.17) is 0 Å². The number of aryl methyl sites for hydroxylation is 3. The van der Waals surface area contributed by atoms with Crippen LogP contribution in [-0.2, 0) is 19.3 Å². The van der Waals surface area contributed by atoms with Crippen molar-refractivity contribution in [2.24, 2.45) is 11.8 Å². The van der Waals surface area contributed by atoms with Gasteiger partial charge in [0, 0.05) is 0 Å². The standard InChI is InChI=1S/C40H52Si/c1-5-8-13-32-18-24-36(25-19-32)41(37-26-20-33(21-27-37)14-9-6-2,38-28-22-34(23-29-38)15-10-7-3)40-31(4)30-35-16-11-12-17-39(35)40/h11-12,17-29,31,35,40H,5-10,13-16,30H2,1-4H3. The van der Waals surface area contributed by atoms with Gasteiger partial charge < -0.3 is 0 Å².